The molecule has 1 aromatic rings. The van der Waals surface area contributed by atoms with Gasteiger partial charge in [-0.05, 0) is 0 Å². The molecule has 0 amide bonds. The van der Waals surface area contributed by atoms with Crippen molar-refractivity contribution in [3.8, 4) is 0 Å². The summed E-state index contributed by atoms with van der Waals surface area (Å²) >= 11 is 0. The van der Waals surface area contributed by atoms with Crippen LogP contribution in [-0.2, 0) is 27.1 Å². The van der Waals surface area contributed by atoms with Gasteiger partial charge in [0.25, 0.3) is 13.4 Å². The third-order valence-corrected chi connectivity index (χ3v) is 6.24. The maximum atomic E-state index is 11.5. The van der Waals surface area contributed by atoms with Crippen LogP contribution in [0, 0.1) is 0 Å². The number of hydrogen-bond donors (Lipinski definition) is 6. The van der Waals surface area contributed by atoms with E-state index in [4.69, 9.17) is 21.0 Å². The van der Waals surface area contributed by atoms with Crippen molar-refractivity contribution in [3.05, 3.63) is 33.1 Å². The Balaban J connectivity index is -0.000000545. The van der Waals surface area contributed by atoms with E-state index >= 15 is 0 Å². The molecule has 33 heavy (non-hydrogen) atoms. The summed E-state index contributed by atoms with van der Waals surface area (Å²) in [7, 11) is -17.2. The van der Waals surface area contributed by atoms with Gasteiger partial charge in [-0.25, -0.2) is 13.7 Å². The first-order chi connectivity index (χ1) is 13.9. The summed E-state index contributed by atoms with van der Waals surface area (Å²) < 4.78 is 48.5. The minimum atomic E-state index is -5.92. The number of phosphoric acid groups is 3. The number of aliphatic hydroxyl groups is 3. The zero-order chi connectivity index (χ0) is 24.4. The van der Waals surface area contributed by atoms with E-state index in [1.54, 1.807) is 0 Å². The van der Waals surface area contributed by atoms with Gasteiger partial charge in [0.15, 0.2) is 6.23 Å². The molecule has 1 aromatic heterocycles. The molecule has 0 radical (unpaired) electrons. The summed E-state index contributed by atoms with van der Waals surface area (Å²) in [6.45, 7) is -0.527. The van der Waals surface area contributed by atoms with Crippen LogP contribution in [0.1, 0.15) is 7.60 Å². The third kappa shape index (κ3) is 14.4. The predicted octanol–water partition coefficient (Wildman–Crippen LogP) is -14.4. The van der Waals surface area contributed by atoms with Crippen molar-refractivity contribution in [2.45, 2.75) is 24.5 Å². The Hall–Kier alpha value is 1.93. The fraction of sp³-hybridized carbons (Fsp3) is 0.556. The smallest absolute Gasteiger partial charge is 0.790 e. The molecular formula is C9H14N2Na3O16P3. The number of rotatable bonds is 6. The zero-order valence-corrected chi connectivity index (χ0v) is 25.8. The largest absolute Gasteiger partial charge is 1.00 e. The van der Waals surface area contributed by atoms with Gasteiger partial charge in [-0.3, -0.25) is 23.2 Å². The molecule has 0 bridgehead atoms. The third-order valence-electron chi connectivity index (χ3n) is 2.99. The van der Waals surface area contributed by atoms with Crippen molar-refractivity contribution in [3.63, 3.8) is 0 Å². The molecule has 0 aliphatic carbocycles. The number of H-pyrrole nitrogens is 1. The van der Waals surface area contributed by atoms with Crippen molar-refractivity contribution < 1.29 is 157 Å². The van der Waals surface area contributed by atoms with E-state index in [9.17, 15) is 48.2 Å². The fourth-order valence-electron chi connectivity index (χ4n) is 1.95. The second-order valence-corrected chi connectivity index (χ2v) is 9.29. The number of nitrogens with zero attached hydrogens (tertiary/aromatic N) is 1. The molecule has 18 nitrogen and oxygen atoms in total. The maximum absolute atomic E-state index is 11.5. The minimum absolute atomic E-state index is 0. The van der Waals surface area contributed by atoms with Gasteiger partial charge in [-0.15, -0.1) is 0 Å². The van der Waals surface area contributed by atoms with E-state index in [1.165, 1.54) is 0 Å². The second-order valence-electron chi connectivity index (χ2n) is 5.22. The molecule has 0 spiro atoms. The first kappa shape index (κ1) is 37.1. The SMILES string of the molecule is O=P([O-])([O-])OP(=O)([O-])OP(=O)(O)O.[2H]c1cn([C@@H]2O[C@H](CO)[C@@H](O)[C@H]2O)c(=O)[nH]c1=O.[Na+].[Na+].[Na+]. The number of aliphatic hydroxyl groups excluding tert-OH is 3. The Morgan fingerprint density at radius 3 is 2.00 bits per heavy atom. The number of nitrogens with one attached hydrogen (secondary N) is 1. The maximum Gasteiger partial charge on any atom is 1.00 e. The molecule has 0 aromatic carbocycles. The number of hydrogen-bond acceptors (Lipinski definition) is 14. The van der Waals surface area contributed by atoms with Crippen molar-refractivity contribution in [1.82, 2.24) is 9.55 Å². The normalized spacial score (nSPS) is 24.5. The summed E-state index contributed by atoms with van der Waals surface area (Å²) in [5.41, 5.74) is -1.73. The Labute approximate surface area is 251 Å². The van der Waals surface area contributed by atoms with Gasteiger partial charge < -0.3 is 49.1 Å². The van der Waals surface area contributed by atoms with E-state index in [2.05, 4.69) is 8.62 Å². The topological polar surface area (TPSA) is 304 Å². The van der Waals surface area contributed by atoms with Crippen molar-refractivity contribution in [2.75, 3.05) is 6.61 Å². The van der Waals surface area contributed by atoms with Gasteiger partial charge in [0.05, 0.1) is 15.8 Å². The summed E-state index contributed by atoms with van der Waals surface area (Å²) in [6.07, 6.45) is -4.18. The average Bonchev–Trinajstić information content (AvgIpc) is 2.82. The van der Waals surface area contributed by atoms with Crippen LogP contribution in [0.4, 0.5) is 0 Å². The summed E-state index contributed by atoms with van der Waals surface area (Å²) in [4.78, 5) is 69.7. The molecule has 5 atom stereocenters. The molecule has 0 saturated carbocycles. The first-order valence-electron chi connectivity index (χ1n) is 7.62. The van der Waals surface area contributed by atoms with E-state index in [1.807, 2.05) is 4.98 Å². The van der Waals surface area contributed by atoms with Crippen LogP contribution in [-0.4, -0.2) is 59.6 Å². The van der Waals surface area contributed by atoms with Crippen LogP contribution in [0.2, 0.25) is 0 Å². The average molecular weight is 569 g/mol. The minimum Gasteiger partial charge on any atom is -0.790 e. The standard InChI is InChI=1S/C9H12N2O6.3Na.H5O10P3/c12-3-4-6(14)7(15)8(17-4)11-2-1-5(13)10-9(11)16;;;;1-11(2,3)9-13(7,8)10-12(4,5)6/h1-2,4,6-8,12,14-15H,3H2,(H,10,13,16);;;;(H,7,8)(H2,1,2,3)(H2,4,5,6)/q;3*+1;/p-3/t4-,6-,7-,8-;;;;/m1..../s1/i1D;;;;. The fourth-order valence-corrected chi connectivity index (χ4v) is 4.36. The number of ether oxygens (including phenoxy) is 1. The van der Waals surface area contributed by atoms with Crippen LogP contribution in [0.3, 0.4) is 0 Å². The van der Waals surface area contributed by atoms with Crippen molar-refractivity contribution in [2.24, 2.45) is 0 Å². The van der Waals surface area contributed by atoms with E-state index in [0.29, 0.717) is 0 Å². The quantitative estimate of drug-likeness (QED) is 0.137. The Morgan fingerprint density at radius 1 is 1.09 bits per heavy atom. The molecule has 174 valence electrons. The van der Waals surface area contributed by atoms with Gasteiger partial charge in [0.1, 0.15) is 18.3 Å². The molecule has 1 unspecified atom stereocenters. The van der Waals surface area contributed by atoms with E-state index < -0.39 is 71.9 Å². The van der Waals surface area contributed by atoms with Crippen molar-refractivity contribution in [1.29, 1.82) is 0 Å². The summed E-state index contributed by atoms with van der Waals surface area (Å²) in [5, 5.41) is 28.1. The second kappa shape index (κ2) is 16.0. The summed E-state index contributed by atoms with van der Waals surface area (Å²) in [5.74, 6) is 0. The molecule has 1 saturated heterocycles. The van der Waals surface area contributed by atoms with Crippen LogP contribution in [0.25, 0.3) is 0 Å². The monoisotopic (exact) mass is 569 g/mol. The molecular weight excluding hydrogens is 554 g/mol. The van der Waals surface area contributed by atoms with E-state index in [-0.39, 0.29) is 88.7 Å². The molecule has 1 aliphatic heterocycles. The Morgan fingerprint density at radius 2 is 1.61 bits per heavy atom. The predicted molar refractivity (Wildman–Crippen MR) is 83.8 cm³/mol. The zero-order valence-electron chi connectivity index (χ0n) is 18.1. The van der Waals surface area contributed by atoms with Gasteiger partial charge in [-0.1, -0.05) is 0 Å². The Bertz CT molecular complexity index is 1010. The van der Waals surface area contributed by atoms with Gasteiger partial charge in [0, 0.05) is 12.2 Å². The number of aromatic nitrogens is 2. The molecule has 1 fully saturated rings. The van der Waals surface area contributed by atoms with Crippen LogP contribution < -0.4 is 115 Å². The molecule has 6 N–H and O–H groups in total. The van der Waals surface area contributed by atoms with Gasteiger partial charge >= 0.3 is 102 Å². The van der Waals surface area contributed by atoms with Crippen LogP contribution >= 0.6 is 23.5 Å². The number of aromatic amines is 1. The Kier molecular flexibility index (Phi) is 18.0. The molecule has 2 heterocycles. The molecule has 1 aliphatic rings. The molecule has 2 rings (SSSR count). The molecule has 24 heteroatoms. The van der Waals surface area contributed by atoms with Crippen LogP contribution in [0.15, 0.2) is 21.8 Å². The van der Waals surface area contributed by atoms with Crippen LogP contribution in [0.5, 0.6) is 0 Å². The first-order valence-corrected chi connectivity index (χ1v) is 11.6. The van der Waals surface area contributed by atoms with Crippen molar-refractivity contribution >= 4 is 23.5 Å². The van der Waals surface area contributed by atoms with Gasteiger partial charge in [-0.2, -0.15) is 0 Å². The summed E-state index contributed by atoms with van der Waals surface area (Å²) in [6, 6.07) is -0.479. The van der Waals surface area contributed by atoms with Gasteiger partial charge in [0.2, 0.25) is 0 Å². The van der Waals surface area contributed by atoms with E-state index in [0.717, 1.165) is 10.8 Å².